The van der Waals surface area contributed by atoms with E-state index < -0.39 is 5.97 Å². The van der Waals surface area contributed by atoms with Crippen LogP contribution in [-0.2, 0) is 9.59 Å². The predicted octanol–water partition coefficient (Wildman–Crippen LogP) is 0.110. The van der Waals surface area contributed by atoms with Crippen LogP contribution in [0.1, 0.15) is 6.42 Å². The van der Waals surface area contributed by atoms with Crippen molar-refractivity contribution in [2.45, 2.75) is 18.5 Å². The van der Waals surface area contributed by atoms with Crippen molar-refractivity contribution >= 4 is 35.4 Å². The van der Waals surface area contributed by atoms with Gasteiger partial charge in [-0.3, -0.25) is 9.59 Å². The van der Waals surface area contributed by atoms with Gasteiger partial charge < -0.3 is 15.3 Å². The van der Waals surface area contributed by atoms with Crippen LogP contribution in [0.3, 0.4) is 0 Å². The minimum Gasteiger partial charge on any atom is -0.481 e. The molecule has 18 heavy (non-hydrogen) atoms. The molecule has 0 aromatic rings. The van der Waals surface area contributed by atoms with Crippen molar-refractivity contribution in [2.24, 2.45) is 0 Å². The predicted molar refractivity (Wildman–Crippen MR) is 74.2 cm³/mol. The Bertz CT molecular complexity index is 321. The zero-order chi connectivity index (χ0) is 13.0. The van der Waals surface area contributed by atoms with Crippen molar-refractivity contribution in [3.8, 4) is 0 Å². The molecule has 2 heterocycles. The van der Waals surface area contributed by atoms with E-state index in [1.807, 2.05) is 0 Å². The van der Waals surface area contributed by atoms with Gasteiger partial charge in [-0.05, 0) is 0 Å². The van der Waals surface area contributed by atoms with E-state index in [-0.39, 0.29) is 24.4 Å². The third kappa shape index (κ3) is 3.55. The van der Waals surface area contributed by atoms with Crippen LogP contribution in [0, 0.1) is 0 Å². The third-order valence-corrected chi connectivity index (χ3v) is 5.29. The zero-order valence-corrected chi connectivity index (χ0v) is 11.8. The van der Waals surface area contributed by atoms with E-state index in [4.69, 9.17) is 5.11 Å². The molecule has 2 aliphatic heterocycles. The minimum absolute atomic E-state index is 0.0542. The van der Waals surface area contributed by atoms with Gasteiger partial charge in [0.25, 0.3) is 0 Å². The van der Waals surface area contributed by atoms with Gasteiger partial charge in [-0.2, -0.15) is 23.5 Å². The van der Waals surface area contributed by atoms with Gasteiger partial charge in [-0.1, -0.05) is 0 Å². The molecule has 102 valence electrons. The van der Waals surface area contributed by atoms with Gasteiger partial charge in [0, 0.05) is 36.1 Å². The Kier molecular flexibility index (Phi) is 5.20. The maximum absolute atomic E-state index is 12.4. The Labute approximate surface area is 115 Å². The second-order valence-corrected chi connectivity index (χ2v) is 6.74. The molecule has 0 saturated carbocycles. The topological polar surface area (TPSA) is 69.6 Å². The van der Waals surface area contributed by atoms with Crippen LogP contribution in [0.15, 0.2) is 0 Å². The number of carbonyl (C=O) groups excluding carboxylic acids is 1. The first kappa shape index (κ1) is 14.0. The number of carboxylic acid groups (broad SMARTS) is 1. The molecular weight excluding hydrogens is 272 g/mol. The van der Waals surface area contributed by atoms with Crippen LogP contribution in [-0.4, -0.2) is 70.1 Å². The van der Waals surface area contributed by atoms with Gasteiger partial charge in [0.05, 0.1) is 18.5 Å². The fraction of sp³-hybridized carbons (Fsp3) is 0.818. The number of thioether (sulfide) groups is 2. The lowest BCUT2D eigenvalue weighted by Gasteiger charge is -2.37. The molecule has 0 radical (unpaired) electrons. The van der Waals surface area contributed by atoms with Gasteiger partial charge in [0.1, 0.15) is 0 Å². The van der Waals surface area contributed by atoms with E-state index in [9.17, 15) is 9.59 Å². The van der Waals surface area contributed by atoms with Crippen LogP contribution in [0.25, 0.3) is 0 Å². The van der Waals surface area contributed by atoms with E-state index in [1.165, 1.54) is 0 Å². The molecule has 5 nitrogen and oxygen atoms in total. The van der Waals surface area contributed by atoms with Crippen molar-refractivity contribution in [1.82, 2.24) is 10.2 Å². The molecule has 0 bridgehead atoms. The number of nitrogens with one attached hydrogen (secondary N) is 1. The van der Waals surface area contributed by atoms with Crippen molar-refractivity contribution in [3.63, 3.8) is 0 Å². The zero-order valence-electron chi connectivity index (χ0n) is 10.1. The fourth-order valence-electron chi connectivity index (χ4n) is 2.24. The van der Waals surface area contributed by atoms with E-state index in [0.29, 0.717) is 6.54 Å². The van der Waals surface area contributed by atoms with E-state index in [2.05, 4.69) is 5.32 Å². The van der Waals surface area contributed by atoms with Crippen LogP contribution in [0.5, 0.6) is 0 Å². The molecule has 7 heteroatoms. The van der Waals surface area contributed by atoms with Crippen LogP contribution < -0.4 is 5.32 Å². The number of rotatable bonds is 3. The first-order valence-corrected chi connectivity index (χ1v) is 8.40. The standard InChI is InChI=1S/C11H18N2O3S2/c14-10(15)5-8-6-18-4-2-13(8)11(16)9-7-17-3-1-12-9/h8-9,12H,1-7H2,(H,14,15). The van der Waals surface area contributed by atoms with Gasteiger partial charge in [-0.15, -0.1) is 0 Å². The first-order chi connectivity index (χ1) is 8.68. The average Bonchev–Trinajstić information content (AvgIpc) is 2.39. The highest BCUT2D eigenvalue weighted by Crippen LogP contribution is 2.21. The lowest BCUT2D eigenvalue weighted by Crippen LogP contribution is -2.56. The molecule has 2 saturated heterocycles. The summed E-state index contributed by atoms with van der Waals surface area (Å²) in [5.41, 5.74) is 0. The second kappa shape index (κ2) is 6.68. The monoisotopic (exact) mass is 290 g/mol. The Morgan fingerprint density at radius 3 is 2.72 bits per heavy atom. The Morgan fingerprint density at radius 2 is 2.06 bits per heavy atom. The van der Waals surface area contributed by atoms with Crippen LogP contribution >= 0.6 is 23.5 Å². The highest BCUT2D eigenvalue weighted by molar-refractivity contribution is 7.99. The minimum atomic E-state index is -0.828. The third-order valence-electron chi connectivity index (χ3n) is 3.14. The van der Waals surface area contributed by atoms with Crippen LogP contribution in [0.4, 0.5) is 0 Å². The summed E-state index contributed by atoms with van der Waals surface area (Å²) in [5.74, 6) is 2.72. The van der Waals surface area contributed by atoms with Crippen molar-refractivity contribution < 1.29 is 14.7 Å². The molecule has 0 spiro atoms. The van der Waals surface area contributed by atoms with E-state index in [1.54, 1.807) is 28.4 Å². The largest absolute Gasteiger partial charge is 0.481 e. The van der Waals surface area contributed by atoms with Gasteiger partial charge in [-0.25, -0.2) is 0 Å². The maximum atomic E-state index is 12.4. The summed E-state index contributed by atoms with van der Waals surface area (Å²) < 4.78 is 0. The summed E-state index contributed by atoms with van der Waals surface area (Å²) in [6, 6.07) is -0.286. The van der Waals surface area contributed by atoms with Crippen LogP contribution in [0.2, 0.25) is 0 Å². The summed E-state index contributed by atoms with van der Waals surface area (Å²) in [6.07, 6.45) is 0.0542. The van der Waals surface area contributed by atoms with E-state index >= 15 is 0 Å². The summed E-state index contributed by atoms with van der Waals surface area (Å²) in [6.45, 7) is 1.53. The van der Waals surface area contributed by atoms with Crippen molar-refractivity contribution in [3.05, 3.63) is 0 Å². The number of carboxylic acids is 1. The summed E-state index contributed by atoms with van der Waals surface area (Å²) in [5, 5.41) is 12.1. The molecule has 2 N–H and O–H groups in total. The smallest absolute Gasteiger partial charge is 0.305 e. The molecule has 2 rings (SSSR count). The lowest BCUT2D eigenvalue weighted by atomic mass is 10.1. The Morgan fingerprint density at radius 1 is 1.28 bits per heavy atom. The number of carbonyl (C=O) groups is 2. The normalized spacial score (nSPS) is 29.0. The Balaban J connectivity index is 1.98. The molecule has 1 amide bonds. The average molecular weight is 290 g/mol. The van der Waals surface area contributed by atoms with Crippen molar-refractivity contribution in [1.29, 1.82) is 0 Å². The molecular formula is C11H18N2O3S2. The first-order valence-electron chi connectivity index (χ1n) is 6.09. The van der Waals surface area contributed by atoms with E-state index in [0.717, 1.165) is 29.6 Å². The fourth-order valence-corrected chi connectivity index (χ4v) is 4.23. The highest BCUT2D eigenvalue weighted by Gasteiger charge is 2.33. The van der Waals surface area contributed by atoms with Gasteiger partial charge in [0.15, 0.2) is 0 Å². The molecule has 2 fully saturated rings. The summed E-state index contributed by atoms with van der Waals surface area (Å²) in [7, 11) is 0. The molecule has 0 aliphatic carbocycles. The second-order valence-electron chi connectivity index (χ2n) is 4.44. The number of nitrogens with zero attached hydrogens (tertiary/aromatic N) is 1. The van der Waals surface area contributed by atoms with Crippen molar-refractivity contribution in [2.75, 3.05) is 36.1 Å². The maximum Gasteiger partial charge on any atom is 0.305 e. The number of hydrogen-bond acceptors (Lipinski definition) is 5. The number of amides is 1. The number of hydrogen-bond donors (Lipinski definition) is 2. The lowest BCUT2D eigenvalue weighted by molar-refractivity contribution is -0.141. The van der Waals surface area contributed by atoms with Gasteiger partial charge >= 0.3 is 5.97 Å². The molecule has 2 unspecified atom stereocenters. The molecule has 2 atom stereocenters. The summed E-state index contributed by atoms with van der Waals surface area (Å²) >= 11 is 3.51. The van der Waals surface area contributed by atoms with Gasteiger partial charge in [0.2, 0.25) is 5.91 Å². The quantitative estimate of drug-likeness (QED) is 0.769. The number of aliphatic carboxylic acids is 1. The molecule has 0 aromatic heterocycles. The molecule has 2 aliphatic rings. The molecule has 0 aromatic carbocycles. The Hall–Kier alpha value is -0.400. The highest BCUT2D eigenvalue weighted by atomic mass is 32.2. The summed E-state index contributed by atoms with van der Waals surface area (Å²) in [4.78, 5) is 25.0. The SMILES string of the molecule is O=C(O)CC1CSCCN1C(=O)C1CSCCN1.